The summed E-state index contributed by atoms with van der Waals surface area (Å²) >= 11 is 0. The molecule has 1 N–H and O–H groups in total. The van der Waals surface area contributed by atoms with Gasteiger partial charge in [0, 0.05) is 12.1 Å². The SMILES string of the molecule is CCOC(=O)/C(=C/Cc1ccco1)Nc1ccc(OC)cc1. The maximum absolute atomic E-state index is 12.0. The summed E-state index contributed by atoms with van der Waals surface area (Å²) in [5.41, 5.74) is 1.16. The Bertz CT molecular complexity index is 615. The first kappa shape index (κ1) is 15.7. The Morgan fingerprint density at radius 2 is 2.05 bits per heavy atom. The molecule has 0 amide bonds. The number of rotatable bonds is 7. The van der Waals surface area contributed by atoms with Gasteiger partial charge in [-0.2, -0.15) is 0 Å². The third-order valence-electron chi connectivity index (χ3n) is 2.95. The van der Waals surface area contributed by atoms with E-state index in [-0.39, 0.29) is 0 Å². The van der Waals surface area contributed by atoms with Crippen LogP contribution < -0.4 is 10.1 Å². The first-order valence-electron chi connectivity index (χ1n) is 7.03. The van der Waals surface area contributed by atoms with Gasteiger partial charge in [0.1, 0.15) is 17.2 Å². The topological polar surface area (TPSA) is 60.7 Å². The van der Waals surface area contributed by atoms with Gasteiger partial charge < -0.3 is 19.2 Å². The summed E-state index contributed by atoms with van der Waals surface area (Å²) in [6.07, 6.45) is 3.86. The third kappa shape index (κ3) is 4.41. The highest BCUT2D eigenvalue weighted by Crippen LogP contribution is 2.17. The van der Waals surface area contributed by atoms with Crippen molar-refractivity contribution in [2.75, 3.05) is 19.0 Å². The summed E-state index contributed by atoms with van der Waals surface area (Å²) in [6.45, 7) is 2.09. The van der Waals surface area contributed by atoms with Crippen LogP contribution in [0.5, 0.6) is 5.75 Å². The zero-order valence-electron chi connectivity index (χ0n) is 12.7. The average Bonchev–Trinajstić information content (AvgIpc) is 3.05. The van der Waals surface area contributed by atoms with Gasteiger partial charge in [0.05, 0.1) is 20.0 Å². The Labute approximate surface area is 129 Å². The van der Waals surface area contributed by atoms with Gasteiger partial charge in [-0.3, -0.25) is 0 Å². The molecule has 22 heavy (non-hydrogen) atoms. The zero-order chi connectivity index (χ0) is 15.8. The molecule has 0 saturated heterocycles. The molecule has 0 spiro atoms. The number of furan rings is 1. The fourth-order valence-electron chi connectivity index (χ4n) is 1.86. The van der Waals surface area contributed by atoms with Crippen LogP contribution in [-0.4, -0.2) is 19.7 Å². The minimum atomic E-state index is -0.398. The molecule has 1 aromatic carbocycles. The molecule has 116 valence electrons. The molecule has 1 aromatic heterocycles. The normalized spacial score (nSPS) is 11.1. The second-order valence-corrected chi connectivity index (χ2v) is 4.48. The van der Waals surface area contributed by atoms with Crippen LogP contribution in [-0.2, 0) is 16.0 Å². The molecule has 0 aliphatic rings. The van der Waals surface area contributed by atoms with E-state index in [4.69, 9.17) is 13.9 Å². The van der Waals surface area contributed by atoms with Crippen molar-refractivity contribution in [1.29, 1.82) is 0 Å². The molecule has 0 bridgehead atoms. The summed E-state index contributed by atoms with van der Waals surface area (Å²) in [6, 6.07) is 11.0. The van der Waals surface area contributed by atoms with Gasteiger partial charge in [0.2, 0.25) is 0 Å². The van der Waals surface area contributed by atoms with Crippen LogP contribution in [0, 0.1) is 0 Å². The van der Waals surface area contributed by atoms with Crippen LogP contribution in [0.15, 0.2) is 58.9 Å². The fourth-order valence-corrected chi connectivity index (χ4v) is 1.86. The minimum Gasteiger partial charge on any atom is -0.497 e. The Morgan fingerprint density at radius 1 is 1.27 bits per heavy atom. The predicted octanol–water partition coefficient (Wildman–Crippen LogP) is 3.39. The number of methoxy groups -OCH3 is 1. The molecular weight excluding hydrogens is 282 g/mol. The largest absolute Gasteiger partial charge is 0.497 e. The fraction of sp³-hybridized carbons (Fsp3) is 0.235. The Kier molecular flexibility index (Phi) is 5.65. The Hall–Kier alpha value is -2.69. The van der Waals surface area contributed by atoms with E-state index in [0.29, 0.717) is 18.7 Å². The van der Waals surface area contributed by atoms with Crippen molar-refractivity contribution in [2.45, 2.75) is 13.3 Å². The van der Waals surface area contributed by atoms with Gasteiger partial charge in [0.25, 0.3) is 0 Å². The highest BCUT2D eigenvalue weighted by atomic mass is 16.5. The lowest BCUT2D eigenvalue weighted by molar-refractivity contribution is -0.138. The molecule has 5 nitrogen and oxygen atoms in total. The molecule has 0 atom stereocenters. The van der Waals surface area contributed by atoms with E-state index in [2.05, 4.69) is 5.32 Å². The molecule has 1 heterocycles. The first-order chi connectivity index (χ1) is 10.7. The molecular formula is C17H19NO4. The second-order valence-electron chi connectivity index (χ2n) is 4.48. The number of carbonyl (C=O) groups is 1. The van der Waals surface area contributed by atoms with Crippen molar-refractivity contribution >= 4 is 11.7 Å². The smallest absolute Gasteiger partial charge is 0.354 e. The van der Waals surface area contributed by atoms with E-state index in [0.717, 1.165) is 17.2 Å². The minimum absolute atomic E-state index is 0.321. The lowest BCUT2D eigenvalue weighted by Gasteiger charge is -2.10. The number of esters is 1. The van der Waals surface area contributed by atoms with Crippen LogP contribution >= 0.6 is 0 Å². The third-order valence-corrected chi connectivity index (χ3v) is 2.95. The molecule has 0 unspecified atom stereocenters. The lowest BCUT2D eigenvalue weighted by Crippen LogP contribution is -2.15. The van der Waals surface area contributed by atoms with E-state index < -0.39 is 5.97 Å². The molecule has 0 radical (unpaired) electrons. The van der Waals surface area contributed by atoms with Gasteiger partial charge in [-0.25, -0.2) is 4.79 Å². The number of nitrogens with one attached hydrogen (secondary N) is 1. The number of hydrogen-bond donors (Lipinski definition) is 1. The summed E-state index contributed by atoms with van der Waals surface area (Å²) in [4.78, 5) is 12.0. The molecule has 2 aromatic rings. The number of anilines is 1. The van der Waals surface area contributed by atoms with Crippen molar-refractivity contribution in [1.82, 2.24) is 0 Å². The van der Waals surface area contributed by atoms with Crippen LogP contribution in [0.2, 0.25) is 0 Å². The monoisotopic (exact) mass is 301 g/mol. The van der Waals surface area contributed by atoms with E-state index in [9.17, 15) is 4.79 Å². The number of benzene rings is 1. The van der Waals surface area contributed by atoms with Crippen molar-refractivity contribution in [2.24, 2.45) is 0 Å². The van der Waals surface area contributed by atoms with E-state index in [1.165, 1.54) is 0 Å². The van der Waals surface area contributed by atoms with E-state index in [1.807, 2.05) is 36.4 Å². The van der Waals surface area contributed by atoms with Crippen molar-refractivity contribution in [3.05, 3.63) is 60.2 Å². The first-order valence-corrected chi connectivity index (χ1v) is 7.03. The number of hydrogen-bond acceptors (Lipinski definition) is 5. The van der Waals surface area contributed by atoms with Gasteiger partial charge in [0.15, 0.2) is 0 Å². The standard InChI is InChI=1S/C17H19NO4/c1-3-21-17(19)16(11-10-15-5-4-12-22-15)18-13-6-8-14(20-2)9-7-13/h4-9,11-12,18H,3,10H2,1-2H3/b16-11-. The summed E-state index contributed by atoms with van der Waals surface area (Å²) in [5, 5.41) is 3.07. The highest BCUT2D eigenvalue weighted by Gasteiger charge is 2.11. The van der Waals surface area contributed by atoms with Gasteiger partial charge in [-0.15, -0.1) is 0 Å². The molecule has 0 aliphatic carbocycles. The average molecular weight is 301 g/mol. The molecule has 0 fully saturated rings. The molecule has 5 heteroatoms. The van der Waals surface area contributed by atoms with Crippen molar-refractivity contribution in [3.8, 4) is 5.75 Å². The maximum Gasteiger partial charge on any atom is 0.354 e. The van der Waals surface area contributed by atoms with Gasteiger partial charge in [-0.05, 0) is 49.4 Å². The number of allylic oxidation sites excluding steroid dienone is 1. The second kappa shape index (κ2) is 7.93. The van der Waals surface area contributed by atoms with Gasteiger partial charge >= 0.3 is 5.97 Å². The molecule has 0 saturated carbocycles. The zero-order valence-corrected chi connectivity index (χ0v) is 12.7. The van der Waals surface area contributed by atoms with E-state index >= 15 is 0 Å². The van der Waals surface area contributed by atoms with Crippen molar-refractivity contribution in [3.63, 3.8) is 0 Å². The van der Waals surface area contributed by atoms with Gasteiger partial charge in [-0.1, -0.05) is 0 Å². The number of ether oxygens (including phenoxy) is 2. The van der Waals surface area contributed by atoms with Crippen LogP contribution in [0.4, 0.5) is 5.69 Å². The van der Waals surface area contributed by atoms with Crippen LogP contribution in [0.1, 0.15) is 12.7 Å². The van der Waals surface area contributed by atoms with E-state index in [1.54, 1.807) is 26.4 Å². The molecule has 0 aliphatic heterocycles. The Balaban J connectivity index is 2.12. The lowest BCUT2D eigenvalue weighted by atomic mass is 10.2. The highest BCUT2D eigenvalue weighted by molar-refractivity contribution is 5.91. The summed E-state index contributed by atoms with van der Waals surface area (Å²) in [7, 11) is 1.61. The van der Waals surface area contributed by atoms with Crippen LogP contribution in [0.3, 0.4) is 0 Å². The summed E-state index contributed by atoms with van der Waals surface area (Å²) < 4.78 is 15.4. The quantitative estimate of drug-likeness (QED) is 0.627. The summed E-state index contributed by atoms with van der Waals surface area (Å²) in [5.74, 6) is 1.13. The predicted molar refractivity (Wildman–Crippen MR) is 83.7 cm³/mol. The molecule has 2 rings (SSSR count). The van der Waals surface area contributed by atoms with Crippen molar-refractivity contribution < 1.29 is 18.7 Å². The Morgan fingerprint density at radius 3 is 2.64 bits per heavy atom. The van der Waals surface area contributed by atoms with Crippen LogP contribution in [0.25, 0.3) is 0 Å². The number of carbonyl (C=O) groups excluding carboxylic acids is 1. The maximum atomic E-state index is 12.0.